The van der Waals surface area contributed by atoms with E-state index in [2.05, 4.69) is 10.3 Å². The van der Waals surface area contributed by atoms with E-state index < -0.39 is 11.7 Å². The van der Waals surface area contributed by atoms with Gasteiger partial charge in [0.1, 0.15) is 0 Å². The van der Waals surface area contributed by atoms with Gasteiger partial charge < -0.3 is 11.1 Å². The van der Waals surface area contributed by atoms with Crippen LogP contribution in [0.25, 0.3) is 0 Å². The fraction of sp³-hybridized carbons (Fsp3) is 0.154. The summed E-state index contributed by atoms with van der Waals surface area (Å²) in [5, 5.41) is 3.00. The van der Waals surface area contributed by atoms with E-state index in [1.54, 1.807) is 12.3 Å². The predicted octanol–water partition coefficient (Wildman–Crippen LogP) is 3.29. The molecule has 19 heavy (non-hydrogen) atoms. The highest BCUT2D eigenvalue weighted by Crippen LogP contribution is 2.29. The first-order valence-corrected chi connectivity index (χ1v) is 5.56. The fourth-order valence-corrected chi connectivity index (χ4v) is 1.59. The van der Waals surface area contributed by atoms with Crippen LogP contribution in [0.3, 0.4) is 0 Å². The highest BCUT2D eigenvalue weighted by molar-refractivity contribution is 5.46. The lowest BCUT2D eigenvalue weighted by molar-refractivity contribution is -0.137. The van der Waals surface area contributed by atoms with Gasteiger partial charge in [0.15, 0.2) is 0 Å². The maximum absolute atomic E-state index is 12.4. The van der Waals surface area contributed by atoms with Crippen molar-refractivity contribution in [3.63, 3.8) is 0 Å². The standard InChI is InChI=1S/C13H12F3N3/c14-13(15,16)10-1-3-12(4-2-10)19-7-9-5-11(17)8-18-6-9/h1-6,8,19H,7,17H2. The zero-order valence-electron chi connectivity index (χ0n) is 9.91. The van der Waals surface area contributed by atoms with E-state index in [-0.39, 0.29) is 0 Å². The number of nitrogens with one attached hydrogen (secondary N) is 1. The molecule has 1 heterocycles. The number of benzene rings is 1. The summed E-state index contributed by atoms with van der Waals surface area (Å²) in [6.45, 7) is 0.448. The topological polar surface area (TPSA) is 50.9 Å². The minimum absolute atomic E-state index is 0.448. The summed E-state index contributed by atoms with van der Waals surface area (Å²) >= 11 is 0. The molecule has 1 aromatic heterocycles. The largest absolute Gasteiger partial charge is 0.416 e. The van der Waals surface area contributed by atoms with Crippen LogP contribution in [0, 0.1) is 0 Å². The number of hydrogen-bond acceptors (Lipinski definition) is 3. The highest BCUT2D eigenvalue weighted by atomic mass is 19.4. The number of alkyl halides is 3. The first kappa shape index (κ1) is 13.2. The van der Waals surface area contributed by atoms with Gasteiger partial charge in [0, 0.05) is 24.6 Å². The molecule has 0 unspecified atom stereocenters. The quantitative estimate of drug-likeness (QED) is 0.897. The lowest BCUT2D eigenvalue weighted by Gasteiger charge is -2.09. The number of halogens is 3. The smallest absolute Gasteiger partial charge is 0.397 e. The van der Waals surface area contributed by atoms with Gasteiger partial charge in [0.25, 0.3) is 0 Å². The van der Waals surface area contributed by atoms with Crippen LogP contribution in [0.15, 0.2) is 42.7 Å². The number of anilines is 2. The number of aromatic nitrogens is 1. The molecule has 100 valence electrons. The Morgan fingerprint density at radius 2 is 1.79 bits per heavy atom. The number of nitrogens with zero attached hydrogens (tertiary/aromatic N) is 1. The van der Waals surface area contributed by atoms with E-state index in [1.807, 2.05) is 0 Å². The number of rotatable bonds is 3. The Morgan fingerprint density at radius 1 is 1.11 bits per heavy atom. The Hall–Kier alpha value is -2.24. The molecule has 0 saturated heterocycles. The van der Waals surface area contributed by atoms with Crippen molar-refractivity contribution in [2.24, 2.45) is 0 Å². The Labute approximate surface area is 108 Å². The van der Waals surface area contributed by atoms with Crippen molar-refractivity contribution >= 4 is 11.4 Å². The third-order valence-electron chi connectivity index (χ3n) is 2.52. The summed E-state index contributed by atoms with van der Waals surface area (Å²) in [6.07, 6.45) is -1.13. The lowest BCUT2D eigenvalue weighted by Crippen LogP contribution is -2.05. The van der Waals surface area contributed by atoms with Crippen LogP contribution in [0.5, 0.6) is 0 Å². The first-order chi connectivity index (χ1) is 8.95. The molecule has 0 aliphatic rings. The summed E-state index contributed by atoms with van der Waals surface area (Å²) in [5.41, 5.74) is 6.93. The molecular formula is C13H12F3N3. The molecular weight excluding hydrogens is 255 g/mol. The van der Waals surface area contributed by atoms with Gasteiger partial charge in [-0.2, -0.15) is 13.2 Å². The van der Waals surface area contributed by atoms with Crippen LogP contribution in [-0.2, 0) is 12.7 Å². The zero-order valence-corrected chi connectivity index (χ0v) is 9.91. The number of pyridine rings is 1. The van der Waals surface area contributed by atoms with Gasteiger partial charge in [-0.1, -0.05) is 0 Å². The monoisotopic (exact) mass is 267 g/mol. The Bertz CT molecular complexity index is 550. The molecule has 6 heteroatoms. The number of nitrogens with two attached hydrogens (primary N) is 1. The van der Waals surface area contributed by atoms with Crippen LogP contribution >= 0.6 is 0 Å². The van der Waals surface area contributed by atoms with E-state index in [1.165, 1.54) is 18.3 Å². The normalized spacial score (nSPS) is 11.3. The van der Waals surface area contributed by atoms with Crippen molar-refractivity contribution in [1.82, 2.24) is 4.98 Å². The van der Waals surface area contributed by atoms with E-state index in [0.29, 0.717) is 17.9 Å². The number of nitrogen functional groups attached to an aromatic ring is 1. The van der Waals surface area contributed by atoms with E-state index in [9.17, 15) is 13.2 Å². The molecule has 0 aliphatic heterocycles. The molecule has 2 rings (SSSR count). The van der Waals surface area contributed by atoms with Gasteiger partial charge >= 0.3 is 6.18 Å². The lowest BCUT2D eigenvalue weighted by atomic mass is 10.2. The molecule has 0 spiro atoms. The Morgan fingerprint density at radius 3 is 2.37 bits per heavy atom. The van der Waals surface area contributed by atoms with Gasteiger partial charge in [-0.25, -0.2) is 0 Å². The summed E-state index contributed by atoms with van der Waals surface area (Å²) in [7, 11) is 0. The molecule has 0 fully saturated rings. The fourth-order valence-electron chi connectivity index (χ4n) is 1.59. The molecule has 0 saturated carbocycles. The van der Waals surface area contributed by atoms with Gasteiger partial charge in [-0.15, -0.1) is 0 Å². The maximum Gasteiger partial charge on any atom is 0.416 e. The average molecular weight is 267 g/mol. The van der Waals surface area contributed by atoms with Gasteiger partial charge in [-0.05, 0) is 35.9 Å². The average Bonchev–Trinajstić information content (AvgIpc) is 2.36. The molecule has 2 aromatic rings. The Balaban J connectivity index is 2.01. The van der Waals surface area contributed by atoms with Crippen LogP contribution in [0.2, 0.25) is 0 Å². The molecule has 1 aromatic carbocycles. The SMILES string of the molecule is Nc1cncc(CNc2ccc(C(F)(F)F)cc2)c1. The molecule has 0 bridgehead atoms. The van der Waals surface area contributed by atoms with Crippen molar-refractivity contribution in [1.29, 1.82) is 0 Å². The van der Waals surface area contributed by atoms with Crippen LogP contribution < -0.4 is 11.1 Å². The summed E-state index contributed by atoms with van der Waals surface area (Å²) in [6, 6.07) is 6.62. The third kappa shape index (κ3) is 3.61. The minimum atomic E-state index is -4.31. The van der Waals surface area contributed by atoms with Crippen molar-refractivity contribution in [2.75, 3.05) is 11.1 Å². The summed E-state index contributed by atoms with van der Waals surface area (Å²) in [5.74, 6) is 0. The summed E-state index contributed by atoms with van der Waals surface area (Å²) in [4.78, 5) is 3.93. The van der Waals surface area contributed by atoms with Gasteiger partial charge in [0.05, 0.1) is 11.3 Å². The second-order valence-electron chi connectivity index (χ2n) is 4.06. The highest BCUT2D eigenvalue weighted by Gasteiger charge is 2.29. The van der Waals surface area contributed by atoms with E-state index in [4.69, 9.17) is 5.73 Å². The molecule has 3 nitrogen and oxygen atoms in total. The van der Waals surface area contributed by atoms with Crippen LogP contribution in [-0.4, -0.2) is 4.98 Å². The van der Waals surface area contributed by atoms with Crippen LogP contribution in [0.1, 0.15) is 11.1 Å². The second kappa shape index (κ2) is 5.17. The van der Waals surface area contributed by atoms with Crippen LogP contribution in [0.4, 0.5) is 24.5 Å². The molecule has 0 atom stereocenters. The molecule has 0 aliphatic carbocycles. The number of hydrogen-bond donors (Lipinski definition) is 2. The van der Waals surface area contributed by atoms with Crippen molar-refractivity contribution in [3.05, 3.63) is 53.9 Å². The second-order valence-corrected chi connectivity index (χ2v) is 4.06. The summed E-state index contributed by atoms with van der Waals surface area (Å²) < 4.78 is 37.1. The van der Waals surface area contributed by atoms with Crippen molar-refractivity contribution < 1.29 is 13.2 Å². The van der Waals surface area contributed by atoms with E-state index >= 15 is 0 Å². The van der Waals surface area contributed by atoms with Gasteiger partial charge in [0.2, 0.25) is 0 Å². The first-order valence-electron chi connectivity index (χ1n) is 5.56. The molecule has 0 amide bonds. The van der Waals surface area contributed by atoms with Crippen molar-refractivity contribution in [3.8, 4) is 0 Å². The minimum Gasteiger partial charge on any atom is -0.397 e. The zero-order chi connectivity index (χ0) is 13.9. The Kier molecular flexibility index (Phi) is 3.59. The van der Waals surface area contributed by atoms with Crippen molar-refractivity contribution in [2.45, 2.75) is 12.7 Å². The predicted molar refractivity (Wildman–Crippen MR) is 67.4 cm³/mol. The van der Waals surface area contributed by atoms with Gasteiger partial charge in [-0.3, -0.25) is 4.98 Å². The maximum atomic E-state index is 12.4. The van der Waals surface area contributed by atoms with E-state index in [0.717, 1.165) is 17.7 Å². The molecule has 0 radical (unpaired) electrons. The molecule has 3 N–H and O–H groups in total. The third-order valence-corrected chi connectivity index (χ3v) is 2.52.